The number of methoxy groups -OCH3 is 1. The van der Waals surface area contributed by atoms with Crippen LogP contribution in [0.3, 0.4) is 0 Å². The standard InChI is InChI=1S/C21H28N2O2/c1-25-19-14-12-17(13-15-19)8-4-2-7-11-21(24)23-16-20(22)18-9-5-3-6-10-18/h3,5-6,9-10,12-15,20H,2,4,7-8,11,16,22H2,1H3,(H,23,24). The smallest absolute Gasteiger partial charge is 0.220 e. The number of amides is 1. The number of benzene rings is 2. The summed E-state index contributed by atoms with van der Waals surface area (Å²) in [6, 6.07) is 17.8. The number of rotatable bonds is 10. The minimum atomic E-state index is -0.153. The summed E-state index contributed by atoms with van der Waals surface area (Å²) in [5, 5.41) is 2.92. The molecule has 0 aliphatic heterocycles. The van der Waals surface area contributed by atoms with Gasteiger partial charge in [-0.3, -0.25) is 4.79 Å². The van der Waals surface area contributed by atoms with Gasteiger partial charge in [-0.2, -0.15) is 0 Å². The summed E-state index contributed by atoms with van der Waals surface area (Å²) in [6.45, 7) is 0.481. The van der Waals surface area contributed by atoms with Gasteiger partial charge in [-0.25, -0.2) is 0 Å². The van der Waals surface area contributed by atoms with E-state index in [1.165, 1.54) is 5.56 Å². The van der Waals surface area contributed by atoms with Gasteiger partial charge in [-0.05, 0) is 42.5 Å². The molecule has 0 aromatic heterocycles. The third kappa shape index (κ3) is 6.98. The fraction of sp³-hybridized carbons (Fsp3) is 0.381. The molecule has 4 nitrogen and oxygen atoms in total. The molecule has 134 valence electrons. The van der Waals surface area contributed by atoms with Gasteiger partial charge in [0, 0.05) is 19.0 Å². The Labute approximate surface area is 150 Å². The molecule has 1 atom stereocenters. The zero-order chi connectivity index (χ0) is 17.9. The summed E-state index contributed by atoms with van der Waals surface area (Å²) < 4.78 is 5.15. The van der Waals surface area contributed by atoms with Crippen molar-refractivity contribution in [1.29, 1.82) is 0 Å². The Bertz CT molecular complexity index is 626. The number of carbonyl (C=O) groups is 1. The van der Waals surface area contributed by atoms with Crippen molar-refractivity contribution in [3.8, 4) is 5.75 Å². The van der Waals surface area contributed by atoms with E-state index in [0.29, 0.717) is 13.0 Å². The van der Waals surface area contributed by atoms with Crippen molar-refractivity contribution in [2.75, 3.05) is 13.7 Å². The van der Waals surface area contributed by atoms with Gasteiger partial charge in [0.2, 0.25) is 5.91 Å². The predicted octanol–water partition coefficient (Wildman–Crippen LogP) is 3.61. The van der Waals surface area contributed by atoms with Gasteiger partial charge in [0.15, 0.2) is 0 Å². The quantitative estimate of drug-likeness (QED) is 0.649. The SMILES string of the molecule is COc1ccc(CCCCCC(=O)NCC(N)c2ccccc2)cc1. The first-order valence-corrected chi connectivity index (χ1v) is 8.89. The highest BCUT2D eigenvalue weighted by atomic mass is 16.5. The lowest BCUT2D eigenvalue weighted by atomic mass is 10.1. The molecule has 0 bridgehead atoms. The first kappa shape index (κ1) is 19.0. The highest BCUT2D eigenvalue weighted by Crippen LogP contribution is 2.14. The van der Waals surface area contributed by atoms with Crippen LogP contribution in [0.5, 0.6) is 5.75 Å². The number of nitrogens with two attached hydrogens (primary N) is 1. The van der Waals surface area contributed by atoms with E-state index >= 15 is 0 Å². The number of hydrogen-bond donors (Lipinski definition) is 2. The molecule has 0 saturated heterocycles. The van der Waals surface area contributed by atoms with Crippen LogP contribution in [0, 0.1) is 0 Å². The second-order valence-electron chi connectivity index (χ2n) is 6.23. The zero-order valence-electron chi connectivity index (χ0n) is 14.9. The first-order valence-electron chi connectivity index (χ1n) is 8.89. The molecule has 0 aliphatic rings. The van der Waals surface area contributed by atoms with Gasteiger partial charge in [-0.15, -0.1) is 0 Å². The van der Waals surface area contributed by atoms with Crippen molar-refractivity contribution in [1.82, 2.24) is 5.32 Å². The number of unbranched alkanes of at least 4 members (excludes halogenated alkanes) is 2. The fourth-order valence-electron chi connectivity index (χ4n) is 2.71. The number of ether oxygens (including phenoxy) is 1. The van der Waals surface area contributed by atoms with Crippen molar-refractivity contribution in [2.24, 2.45) is 5.73 Å². The summed E-state index contributed by atoms with van der Waals surface area (Å²) in [5.74, 6) is 0.963. The molecule has 1 unspecified atom stereocenters. The molecule has 0 heterocycles. The monoisotopic (exact) mass is 340 g/mol. The van der Waals surface area contributed by atoms with Crippen LogP contribution < -0.4 is 15.8 Å². The lowest BCUT2D eigenvalue weighted by Crippen LogP contribution is -2.31. The fourth-order valence-corrected chi connectivity index (χ4v) is 2.71. The van der Waals surface area contributed by atoms with E-state index in [-0.39, 0.29) is 11.9 Å². The van der Waals surface area contributed by atoms with Gasteiger partial charge >= 0.3 is 0 Å². The Morgan fingerprint density at radius 2 is 1.76 bits per heavy atom. The molecule has 4 heteroatoms. The van der Waals surface area contributed by atoms with Crippen molar-refractivity contribution >= 4 is 5.91 Å². The van der Waals surface area contributed by atoms with Crippen LogP contribution in [-0.2, 0) is 11.2 Å². The normalized spacial score (nSPS) is 11.8. The molecule has 0 aliphatic carbocycles. The van der Waals surface area contributed by atoms with E-state index in [2.05, 4.69) is 17.4 Å². The van der Waals surface area contributed by atoms with E-state index in [9.17, 15) is 4.79 Å². The Kier molecular flexibility index (Phi) is 7.99. The second kappa shape index (κ2) is 10.5. The molecule has 2 aromatic carbocycles. The Morgan fingerprint density at radius 3 is 2.44 bits per heavy atom. The summed E-state index contributed by atoms with van der Waals surface area (Å²) in [5.41, 5.74) is 8.43. The molecular weight excluding hydrogens is 312 g/mol. The Balaban J connectivity index is 1.56. The lowest BCUT2D eigenvalue weighted by molar-refractivity contribution is -0.121. The Morgan fingerprint density at radius 1 is 1.04 bits per heavy atom. The average molecular weight is 340 g/mol. The first-order chi connectivity index (χ1) is 12.2. The summed E-state index contributed by atoms with van der Waals surface area (Å²) >= 11 is 0. The Hall–Kier alpha value is -2.33. The van der Waals surface area contributed by atoms with Gasteiger partial charge in [0.25, 0.3) is 0 Å². The van der Waals surface area contributed by atoms with E-state index < -0.39 is 0 Å². The van der Waals surface area contributed by atoms with Crippen LogP contribution in [0.2, 0.25) is 0 Å². The molecule has 0 saturated carbocycles. The highest BCUT2D eigenvalue weighted by Gasteiger charge is 2.07. The maximum atomic E-state index is 11.9. The summed E-state index contributed by atoms with van der Waals surface area (Å²) in [7, 11) is 1.67. The molecular formula is C21H28N2O2. The minimum absolute atomic E-state index is 0.0795. The van der Waals surface area contributed by atoms with Crippen LogP contribution in [0.25, 0.3) is 0 Å². The predicted molar refractivity (Wildman–Crippen MR) is 102 cm³/mol. The number of nitrogens with one attached hydrogen (secondary N) is 1. The summed E-state index contributed by atoms with van der Waals surface area (Å²) in [4.78, 5) is 11.9. The van der Waals surface area contributed by atoms with E-state index in [0.717, 1.165) is 37.0 Å². The second-order valence-corrected chi connectivity index (χ2v) is 6.23. The molecule has 0 radical (unpaired) electrons. The van der Waals surface area contributed by atoms with Crippen molar-refractivity contribution in [2.45, 2.75) is 38.1 Å². The van der Waals surface area contributed by atoms with Crippen molar-refractivity contribution in [3.05, 3.63) is 65.7 Å². The van der Waals surface area contributed by atoms with Crippen LogP contribution in [0.15, 0.2) is 54.6 Å². The van der Waals surface area contributed by atoms with E-state index in [1.54, 1.807) is 7.11 Å². The molecule has 1 amide bonds. The molecule has 0 spiro atoms. The largest absolute Gasteiger partial charge is 0.497 e. The zero-order valence-corrected chi connectivity index (χ0v) is 14.9. The maximum absolute atomic E-state index is 11.9. The van der Waals surface area contributed by atoms with E-state index in [1.807, 2.05) is 42.5 Å². The number of aryl methyl sites for hydroxylation is 1. The highest BCUT2D eigenvalue weighted by molar-refractivity contribution is 5.75. The molecule has 0 fully saturated rings. The minimum Gasteiger partial charge on any atom is -0.497 e. The van der Waals surface area contributed by atoms with Crippen LogP contribution >= 0.6 is 0 Å². The molecule has 2 rings (SSSR count). The molecule has 25 heavy (non-hydrogen) atoms. The van der Waals surface area contributed by atoms with Gasteiger partial charge in [0.1, 0.15) is 5.75 Å². The van der Waals surface area contributed by atoms with Gasteiger partial charge in [0.05, 0.1) is 7.11 Å². The molecule has 2 aromatic rings. The number of hydrogen-bond acceptors (Lipinski definition) is 3. The molecule has 3 N–H and O–H groups in total. The summed E-state index contributed by atoms with van der Waals surface area (Å²) in [6.07, 6.45) is 4.63. The third-order valence-corrected chi connectivity index (χ3v) is 4.28. The number of carbonyl (C=O) groups excluding carboxylic acids is 1. The topological polar surface area (TPSA) is 64.3 Å². The van der Waals surface area contributed by atoms with Gasteiger partial charge in [-0.1, -0.05) is 48.9 Å². The van der Waals surface area contributed by atoms with Crippen molar-refractivity contribution < 1.29 is 9.53 Å². The third-order valence-electron chi connectivity index (χ3n) is 4.28. The van der Waals surface area contributed by atoms with Crippen molar-refractivity contribution in [3.63, 3.8) is 0 Å². The lowest BCUT2D eigenvalue weighted by Gasteiger charge is -2.13. The van der Waals surface area contributed by atoms with Crippen LogP contribution in [-0.4, -0.2) is 19.6 Å². The van der Waals surface area contributed by atoms with Crippen LogP contribution in [0.1, 0.15) is 42.9 Å². The van der Waals surface area contributed by atoms with Gasteiger partial charge < -0.3 is 15.8 Å². The average Bonchev–Trinajstić information content (AvgIpc) is 2.67. The van der Waals surface area contributed by atoms with E-state index in [4.69, 9.17) is 10.5 Å². The van der Waals surface area contributed by atoms with Crippen LogP contribution in [0.4, 0.5) is 0 Å². The maximum Gasteiger partial charge on any atom is 0.220 e.